The Bertz CT molecular complexity index is 1530. The highest BCUT2D eigenvalue weighted by atomic mass is 32.2. The SMILES string of the molecule is CC(Sc1nnc(-c2ccc3c(c2)OCO3)o1)c1nc2scc(-c3ccccc3)c2c(=O)[nH]1. The van der Waals surface area contributed by atoms with Crippen LogP contribution in [0.15, 0.2) is 68.3 Å². The van der Waals surface area contributed by atoms with E-state index in [0.717, 1.165) is 16.7 Å². The van der Waals surface area contributed by atoms with Gasteiger partial charge in [-0.3, -0.25) is 4.79 Å². The number of ether oxygens (including phenoxy) is 2. The summed E-state index contributed by atoms with van der Waals surface area (Å²) in [4.78, 5) is 21.3. The molecule has 10 heteroatoms. The van der Waals surface area contributed by atoms with Gasteiger partial charge in [0.25, 0.3) is 10.8 Å². The molecule has 164 valence electrons. The molecule has 0 radical (unpaired) electrons. The van der Waals surface area contributed by atoms with Crippen molar-refractivity contribution in [1.82, 2.24) is 20.2 Å². The van der Waals surface area contributed by atoms with Gasteiger partial charge in [0.15, 0.2) is 11.5 Å². The molecule has 0 bridgehead atoms. The zero-order valence-corrected chi connectivity index (χ0v) is 18.9. The van der Waals surface area contributed by atoms with E-state index in [1.165, 1.54) is 23.1 Å². The average Bonchev–Trinajstić information content (AvgIpc) is 3.58. The number of nitrogens with one attached hydrogen (secondary N) is 1. The van der Waals surface area contributed by atoms with Crippen LogP contribution in [0, 0.1) is 0 Å². The highest BCUT2D eigenvalue weighted by molar-refractivity contribution is 7.99. The van der Waals surface area contributed by atoms with Crippen LogP contribution in [0.4, 0.5) is 0 Å². The van der Waals surface area contributed by atoms with Crippen molar-refractivity contribution in [2.24, 2.45) is 0 Å². The Balaban J connectivity index is 1.26. The number of aromatic nitrogens is 4. The summed E-state index contributed by atoms with van der Waals surface area (Å²) in [5, 5.41) is 11.0. The maximum Gasteiger partial charge on any atom is 0.277 e. The number of hydrogen-bond acceptors (Lipinski definition) is 9. The Morgan fingerprint density at radius 3 is 2.79 bits per heavy atom. The van der Waals surface area contributed by atoms with Gasteiger partial charge in [-0.2, -0.15) is 0 Å². The molecular weight excluding hydrogens is 460 g/mol. The zero-order chi connectivity index (χ0) is 22.4. The number of aromatic amines is 1. The number of thioether (sulfide) groups is 1. The topological polar surface area (TPSA) is 103 Å². The van der Waals surface area contributed by atoms with Gasteiger partial charge in [-0.05, 0) is 30.7 Å². The van der Waals surface area contributed by atoms with E-state index in [9.17, 15) is 4.79 Å². The monoisotopic (exact) mass is 476 g/mol. The summed E-state index contributed by atoms with van der Waals surface area (Å²) in [6.45, 7) is 2.14. The first-order chi connectivity index (χ1) is 16.2. The second-order valence-corrected chi connectivity index (χ2v) is 9.50. The van der Waals surface area contributed by atoms with Crippen LogP contribution >= 0.6 is 23.1 Å². The molecule has 0 spiro atoms. The Morgan fingerprint density at radius 1 is 1.06 bits per heavy atom. The third-order valence-corrected chi connectivity index (χ3v) is 7.05. The van der Waals surface area contributed by atoms with Gasteiger partial charge in [0.1, 0.15) is 10.7 Å². The van der Waals surface area contributed by atoms with Crippen molar-refractivity contribution < 1.29 is 13.9 Å². The van der Waals surface area contributed by atoms with Gasteiger partial charge in [0.05, 0.1) is 10.6 Å². The molecule has 4 heterocycles. The molecule has 3 aromatic heterocycles. The molecule has 0 amide bonds. The van der Waals surface area contributed by atoms with Crippen LogP contribution in [0.1, 0.15) is 18.0 Å². The van der Waals surface area contributed by atoms with Crippen LogP contribution in [0.2, 0.25) is 0 Å². The van der Waals surface area contributed by atoms with Crippen molar-refractivity contribution >= 4 is 33.3 Å². The first kappa shape index (κ1) is 20.0. The van der Waals surface area contributed by atoms with E-state index in [2.05, 4.69) is 15.2 Å². The van der Waals surface area contributed by atoms with Gasteiger partial charge >= 0.3 is 0 Å². The fourth-order valence-corrected chi connectivity index (χ4v) is 5.29. The molecule has 33 heavy (non-hydrogen) atoms. The fourth-order valence-electron chi connectivity index (χ4n) is 3.60. The van der Waals surface area contributed by atoms with Crippen LogP contribution < -0.4 is 15.0 Å². The first-order valence-electron chi connectivity index (χ1n) is 10.1. The predicted molar refractivity (Wildman–Crippen MR) is 126 cm³/mol. The molecule has 0 fully saturated rings. The molecule has 0 saturated heterocycles. The number of rotatable bonds is 5. The number of hydrogen-bond donors (Lipinski definition) is 1. The molecule has 0 saturated carbocycles. The summed E-state index contributed by atoms with van der Waals surface area (Å²) in [5.74, 6) is 2.28. The molecule has 2 aromatic carbocycles. The zero-order valence-electron chi connectivity index (χ0n) is 17.3. The van der Waals surface area contributed by atoms with Crippen LogP contribution in [0.3, 0.4) is 0 Å². The lowest BCUT2D eigenvalue weighted by Crippen LogP contribution is -2.12. The average molecular weight is 477 g/mol. The molecule has 1 unspecified atom stereocenters. The Hall–Kier alpha value is -3.63. The van der Waals surface area contributed by atoms with E-state index in [-0.39, 0.29) is 17.6 Å². The quantitative estimate of drug-likeness (QED) is 0.342. The molecule has 1 atom stereocenters. The minimum atomic E-state index is -0.200. The van der Waals surface area contributed by atoms with E-state index in [4.69, 9.17) is 18.9 Å². The van der Waals surface area contributed by atoms with Crippen LogP contribution in [0.25, 0.3) is 32.8 Å². The van der Waals surface area contributed by atoms with Crippen molar-refractivity contribution in [3.8, 4) is 34.1 Å². The van der Waals surface area contributed by atoms with E-state index in [1.807, 2.05) is 60.8 Å². The van der Waals surface area contributed by atoms with Crippen LogP contribution in [-0.2, 0) is 0 Å². The third-order valence-electron chi connectivity index (χ3n) is 5.24. The Morgan fingerprint density at radius 2 is 1.91 bits per heavy atom. The molecule has 1 aliphatic heterocycles. The lowest BCUT2D eigenvalue weighted by atomic mass is 10.1. The predicted octanol–water partition coefficient (Wildman–Crippen LogP) is 5.28. The number of H-pyrrole nitrogens is 1. The maximum atomic E-state index is 12.9. The highest BCUT2D eigenvalue weighted by Crippen LogP contribution is 2.38. The second kappa shape index (κ2) is 8.05. The summed E-state index contributed by atoms with van der Waals surface area (Å²) in [7, 11) is 0. The largest absolute Gasteiger partial charge is 0.454 e. The molecule has 1 aliphatic rings. The summed E-state index contributed by atoms with van der Waals surface area (Å²) in [6, 6.07) is 15.3. The lowest BCUT2D eigenvalue weighted by molar-refractivity contribution is 0.174. The van der Waals surface area contributed by atoms with Crippen LogP contribution in [-0.4, -0.2) is 27.0 Å². The molecule has 8 nitrogen and oxygen atoms in total. The first-order valence-corrected chi connectivity index (χ1v) is 11.9. The maximum absolute atomic E-state index is 12.9. The summed E-state index contributed by atoms with van der Waals surface area (Å²) in [5.41, 5.74) is 2.47. The van der Waals surface area contributed by atoms with E-state index in [1.54, 1.807) is 0 Å². The lowest BCUT2D eigenvalue weighted by Gasteiger charge is -2.08. The van der Waals surface area contributed by atoms with Gasteiger partial charge in [0.2, 0.25) is 12.7 Å². The Labute approximate surface area is 195 Å². The number of thiophene rings is 1. The van der Waals surface area contributed by atoms with E-state index < -0.39 is 0 Å². The van der Waals surface area contributed by atoms with E-state index >= 15 is 0 Å². The minimum Gasteiger partial charge on any atom is -0.454 e. The van der Waals surface area contributed by atoms with Gasteiger partial charge in [-0.1, -0.05) is 42.1 Å². The molecule has 1 N–H and O–H groups in total. The van der Waals surface area contributed by atoms with Gasteiger partial charge < -0.3 is 18.9 Å². The van der Waals surface area contributed by atoms with Crippen molar-refractivity contribution in [2.45, 2.75) is 17.4 Å². The normalized spacial score (nSPS) is 13.5. The Kier molecular flexibility index (Phi) is 4.88. The molecule has 0 aliphatic carbocycles. The van der Waals surface area contributed by atoms with Crippen LogP contribution in [0.5, 0.6) is 11.5 Å². The highest BCUT2D eigenvalue weighted by Gasteiger charge is 2.20. The molecule has 6 rings (SSSR count). The van der Waals surface area contributed by atoms with Crippen molar-refractivity contribution in [1.29, 1.82) is 0 Å². The summed E-state index contributed by atoms with van der Waals surface area (Å²) < 4.78 is 16.6. The van der Waals surface area contributed by atoms with Gasteiger partial charge in [-0.15, -0.1) is 21.5 Å². The third kappa shape index (κ3) is 3.66. The minimum absolute atomic E-state index is 0.158. The summed E-state index contributed by atoms with van der Waals surface area (Å²) in [6.07, 6.45) is 0. The molecular formula is C23H16N4O4S2. The molecule has 5 aromatic rings. The number of nitrogens with zero attached hydrogens (tertiary/aromatic N) is 3. The number of benzene rings is 2. The van der Waals surface area contributed by atoms with Crippen molar-refractivity contribution in [3.05, 3.63) is 70.1 Å². The summed E-state index contributed by atoms with van der Waals surface area (Å²) >= 11 is 2.79. The second-order valence-electron chi connectivity index (χ2n) is 7.35. The van der Waals surface area contributed by atoms with Gasteiger partial charge in [-0.25, -0.2) is 4.98 Å². The van der Waals surface area contributed by atoms with Crippen molar-refractivity contribution in [2.75, 3.05) is 6.79 Å². The number of fused-ring (bicyclic) bond motifs is 2. The fraction of sp³-hybridized carbons (Fsp3) is 0.130. The van der Waals surface area contributed by atoms with Gasteiger partial charge in [0, 0.05) is 16.5 Å². The standard InChI is InChI=1S/C23H16N4O4S2/c1-12(33-23-27-26-21(31-23)14-7-8-16-17(9-14)30-11-29-16)19-24-20(28)18-15(10-32-22(18)25-19)13-5-3-2-4-6-13/h2-10,12H,11H2,1H3,(H,24,25,28). The van der Waals surface area contributed by atoms with E-state index in [0.29, 0.717) is 38.7 Å². The smallest absolute Gasteiger partial charge is 0.277 e. The van der Waals surface area contributed by atoms with Crippen molar-refractivity contribution in [3.63, 3.8) is 0 Å².